The van der Waals surface area contributed by atoms with Crippen LogP contribution in [0.15, 0.2) is 48.5 Å². The van der Waals surface area contributed by atoms with Crippen LogP contribution in [0.25, 0.3) is 0 Å². The van der Waals surface area contributed by atoms with Gasteiger partial charge in [0, 0.05) is 12.1 Å². The minimum atomic E-state index is -0.587. The number of quaternary nitrogens is 1. The highest BCUT2D eigenvalue weighted by Crippen LogP contribution is 2.16. The second kappa shape index (κ2) is 8.84. The third-order valence-electron chi connectivity index (χ3n) is 3.58. The Morgan fingerprint density at radius 2 is 1.68 bits per heavy atom. The van der Waals surface area contributed by atoms with Crippen molar-refractivity contribution in [3.05, 3.63) is 65.2 Å². The largest absolute Gasteiger partial charge is 0.483 e. The lowest BCUT2D eigenvalue weighted by molar-refractivity contribution is -0.872. The second-order valence-corrected chi connectivity index (χ2v) is 6.13. The Labute approximate surface area is 147 Å². The van der Waals surface area contributed by atoms with E-state index >= 15 is 0 Å². The molecule has 0 fully saturated rings. The molecular formula is C19H24N3O3+. The zero-order valence-electron chi connectivity index (χ0n) is 14.5. The normalized spacial score (nSPS) is 10.5. The monoisotopic (exact) mass is 342 g/mol. The number of benzene rings is 2. The zero-order chi connectivity index (χ0) is 18.2. The molecule has 0 atom stereocenters. The average Bonchev–Trinajstić information content (AvgIpc) is 2.59. The molecular weight excluding hydrogens is 318 g/mol. The minimum Gasteiger partial charge on any atom is -0.483 e. The molecule has 0 saturated carbocycles. The highest BCUT2D eigenvalue weighted by atomic mass is 16.5. The van der Waals surface area contributed by atoms with Gasteiger partial charge in [-0.2, -0.15) is 0 Å². The first-order valence-electron chi connectivity index (χ1n) is 8.11. The summed E-state index contributed by atoms with van der Waals surface area (Å²) in [5.74, 6) is -0.544. The summed E-state index contributed by atoms with van der Waals surface area (Å²) in [6.45, 7) is 1.21. The van der Waals surface area contributed by atoms with Crippen LogP contribution in [0.3, 0.4) is 0 Å². The first-order chi connectivity index (χ1) is 12.0. The Bertz CT molecular complexity index is 727. The van der Waals surface area contributed by atoms with E-state index in [1.807, 2.05) is 12.1 Å². The van der Waals surface area contributed by atoms with Gasteiger partial charge in [-0.25, -0.2) is 0 Å². The van der Waals surface area contributed by atoms with Crippen LogP contribution < -0.4 is 20.7 Å². The van der Waals surface area contributed by atoms with E-state index in [0.717, 1.165) is 12.1 Å². The zero-order valence-corrected chi connectivity index (χ0v) is 14.5. The predicted octanol–water partition coefficient (Wildman–Crippen LogP) is 0.125. The van der Waals surface area contributed by atoms with Crippen molar-refractivity contribution < 1.29 is 19.2 Å². The van der Waals surface area contributed by atoms with Crippen LogP contribution in [0.2, 0.25) is 0 Å². The van der Waals surface area contributed by atoms with E-state index in [2.05, 4.69) is 31.5 Å². The van der Waals surface area contributed by atoms with Gasteiger partial charge in [0.15, 0.2) is 6.61 Å². The smallest absolute Gasteiger partial charge is 0.258 e. The van der Waals surface area contributed by atoms with Crippen molar-refractivity contribution in [2.45, 2.75) is 13.1 Å². The molecule has 4 N–H and O–H groups in total. The summed E-state index contributed by atoms with van der Waals surface area (Å²) in [6.07, 6.45) is 0. The molecule has 0 unspecified atom stereocenters. The molecule has 0 heterocycles. The van der Waals surface area contributed by atoms with Crippen LogP contribution in [-0.4, -0.2) is 32.5 Å². The lowest BCUT2D eigenvalue weighted by Crippen LogP contribution is -3.04. The van der Waals surface area contributed by atoms with Crippen LogP contribution >= 0.6 is 0 Å². The Kier molecular flexibility index (Phi) is 6.54. The van der Waals surface area contributed by atoms with Crippen LogP contribution in [0.5, 0.6) is 5.75 Å². The number of nitrogens with one attached hydrogen (secondary N) is 2. The van der Waals surface area contributed by atoms with E-state index in [9.17, 15) is 9.59 Å². The van der Waals surface area contributed by atoms with Gasteiger partial charge in [0.1, 0.15) is 12.3 Å². The fourth-order valence-corrected chi connectivity index (χ4v) is 2.37. The fraction of sp³-hybridized carbons (Fsp3) is 0.263. The second-order valence-electron chi connectivity index (χ2n) is 6.13. The fourth-order valence-electron chi connectivity index (χ4n) is 2.37. The summed E-state index contributed by atoms with van der Waals surface area (Å²) in [5.41, 5.74) is 7.80. The van der Waals surface area contributed by atoms with Gasteiger partial charge in [0.2, 0.25) is 0 Å². The number of carbonyl (C=O) groups is 2. The number of hydrogen-bond acceptors (Lipinski definition) is 3. The molecule has 0 saturated heterocycles. The van der Waals surface area contributed by atoms with Gasteiger partial charge in [0.25, 0.3) is 11.8 Å². The number of rotatable bonds is 8. The van der Waals surface area contributed by atoms with Crippen LogP contribution in [0.1, 0.15) is 21.5 Å². The third kappa shape index (κ3) is 5.93. The molecule has 0 aliphatic rings. The Morgan fingerprint density at radius 1 is 1.04 bits per heavy atom. The van der Waals surface area contributed by atoms with Gasteiger partial charge in [-0.3, -0.25) is 9.59 Å². The predicted molar refractivity (Wildman–Crippen MR) is 95.3 cm³/mol. The molecule has 132 valence electrons. The standard InChI is InChI=1S/C19H23N3O3/c1-22(2)12-15-9-7-14(8-10-15)11-21-18(23)13-25-17-6-4-3-5-16(17)19(20)24/h3-10H,11-13H2,1-2H3,(H2,20,24)(H,21,23)/p+1. The molecule has 2 rings (SSSR count). The highest BCUT2D eigenvalue weighted by molar-refractivity contribution is 5.95. The molecule has 2 aromatic rings. The minimum absolute atomic E-state index is 0.174. The summed E-state index contributed by atoms with van der Waals surface area (Å²) in [6, 6.07) is 14.7. The molecule has 2 amide bonds. The summed E-state index contributed by atoms with van der Waals surface area (Å²) in [7, 11) is 4.20. The number of ether oxygens (including phenoxy) is 1. The van der Waals surface area contributed by atoms with E-state index in [-0.39, 0.29) is 18.1 Å². The van der Waals surface area contributed by atoms with Crippen molar-refractivity contribution in [3.8, 4) is 5.75 Å². The SMILES string of the molecule is C[NH+](C)Cc1ccc(CNC(=O)COc2ccccc2C(N)=O)cc1. The molecule has 0 aliphatic heterocycles. The summed E-state index contributed by atoms with van der Waals surface area (Å²) in [5, 5.41) is 2.79. The van der Waals surface area contributed by atoms with E-state index in [1.165, 1.54) is 10.5 Å². The molecule has 25 heavy (non-hydrogen) atoms. The highest BCUT2D eigenvalue weighted by Gasteiger charge is 2.10. The molecule has 0 spiro atoms. The van der Waals surface area contributed by atoms with Crippen LogP contribution in [0, 0.1) is 0 Å². The Balaban J connectivity index is 1.82. The van der Waals surface area contributed by atoms with Crippen molar-refractivity contribution in [2.75, 3.05) is 20.7 Å². The first kappa shape index (κ1) is 18.5. The number of primary amides is 1. The third-order valence-corrected chi connectivity index (χ3v) is 3.58. The molecule has 0 aliphatic carbocycles. The van der Waals surface area contributed by atoms with Crippen molar-refractivity contribution in [2.24, 2.45) is 5.73 Å². The van der Waals surface area contributed by atoms with E-state index in [1.54, 1.807) is 24.3 Å². The molecule has 6 heteroatoms. The first-order valence-corrected chi connectivity index (χ1v) is 8.11. The van der Waals surface area contributed by atoms with Crippen molar-refractivity contribution in [1.29, 1.82) is 0 Å². The molecule has 0 radical (unpaired) electrons. The Morgan fingerprint density at radius 3 is 2.32 bits per heavy atom. The van der Waals surface area contributed by atoms with Gasteiger partial charge >= 0.3 is 0 Å². The quantitative estimate of drug-likeness (QED) is 0.637. The maximum absolute atomic E-state index is 11.9. The van der Waals surface area contributed by atoms with Crippen LogP contribution in [-0.2, 0) is 17.9 Å². The summed E-state index contributed by atoms with van der Waals surface area (Å²) < 4.78 is 5.40. The van der Waals surface area contributed by atoms with Crippen LogP contribution in [0.4, 0.5) is 0 Å². The number of para-hydroxylation sites is 1. The van der Waals surface area contributed by atoms with Gasteiger partial charge < -0.3 is 20.7 Å². The van der Waals surface area contributed by atoms with Gasteiger partial charge in [-0.05, 0) is 17.7 Å². The molecule has 0 aromatic heterocycles. The Hall–Kier alpha value is -2.86. The van der Waals surface area contributed by atoms with E-state index in [4.69, 9.17) is 10.5 Å². The van der Waals surface area contributed by atoms with Gasteiger partial charge in [-0.1, -0.05) is 36.4 Å². The van der Waals surface area contributed by atoms with Gasteiger partial charge in [-0.15, -0.1) is 0 Å². The number of carbonyl (C=O) groups excluding carboxylic acids is 2. The number of amides is 2. The summed E-state index contributed by atoms with van der Waals surface area (Å²) in [4.78, 5) is 24.6. The van der Waals surface area contributed by atoms with Crippen molar-refractivity contribution >= 4 is 11.8 Å². The molecule has 2 aromatic carbocycles. The molecule has 0 bridgehead atoms. The summed E-state index contributed by atoms with van der Waals surface area (Å²) >= 11 is 0. The van der Waals surface area contributed by atoms with Crippen molar-refractivity contribution in [1.82, 2.24) is 5.32 Å². The van der Waals surface area contributed by atoms with Gasteiger partial charge in [0.05, 0.1) is 19.7 Å². The lowest BCUT2D eigenvalue weighted by atomic mass is 10.1. The maximum atomic E-state index is 11.9. The maximum Gasteiger partial charge on any atom is 0.258 e. The topological polar surface area (TPSA) is 85.9 Å². The van der Waals surface area contributed by atoms with E-state index in [0.29, 0.717) is 12.3 Å². The van der Waals surface area contributed by atoms with E-state index < -0.39 is 5.91 Å². The lowest BCUT2D eigenvalue weighted by Gasteiger charge is -2.10. The number of hydrogen-bond donors (Lipinski definition) is 3. The molecule has 6 nitrogen and oxygen atoms in total. The number of nitrogens with two attached hydrogens (primary N) is 1. The average molecular weight is 342 g/mol. The van der Waals surface area contributed by atoms with Crippen molar-refractivity contribution in [3.63, 3.8) is 0 Å².